The number of benzene rings is 2. The van der Waals surface area contributed by atoms with Gasteiger partial charge in [0.25, 0.3) is 0 Å². The fraction of sp³-hybridized carbons (Fsp3) is 0.355. The second-order valence-corrected chi connectivity index (χ2v) is 10.3. The number of hydrazine groups is 1. The van der Waals surface area contributed by atoms with Crippen molar-refractivity contribution in [3.8, 4) is 16.9 Å². The van der Waals surface area contributed by atoms with Gasteiger partial charge in [0.15, 0.2) is 11.6 Å². The predicted molar refractivity (Wildman–Crippen MR) is 167 cm³/mol. The molecule has 2 aromatic heterocycles. The van der Waals surface area contributed by atoms with Crippen LogP contribution >= 0.6 is 0 Å². The van der Waals surface area contributed by atoms with Gasteiger partial charge in [0.1, 0.15) is 0 Å². The number of nitrogens with zero attached hydrogens (tertiary/aromatic N) is 7. The Morgan fingerprint density at radius 1 is 1.00 bits per heavy atom. The molecular weight excluding hydrogens is 546 g/mol. The van der Waals surface area contributed by atoms with Gasteiger partial charge in [0.2, 0.25) is 5.95 Å². The molecule has 12 nitrogen and oxygen atoms in total. The predicted octanol–water partition coefficient (Wildman–Crippen LogP) is 3.87. The van der Waals surface area contributed by atoms with Gasteiger partial charge in [-0.15, -0.1) is 0 Å². The Bertz CT molecular complexity index is 1460. The van der Waals surface area contributed by atoms with Crippen LogP contribution in [-0.4, -0.2) is 81.8 Å². The van der Waals surface area contributed by atoms with Crippen molar-refractivity contribution in [3.05, 3.63) is 78.8 Å². The van der Waals surface area contributed by atoms with Crippen LogP contribution in [0.2, 0.25) is 0 Å². The number of anilines is 3. The molecule has 3 heterocycles. The number of ether oxygens (including phenoxy) is 1. The molecule has 1 aliphatic heterocycles. The number of aromatic nitrogens is 4. The molecule has 226 valence electrons. The molecule has 0 aliphatic carbocycles. The van der Waals surface area contributed by atoms with E-state index in [0.29, 0.717) is 64.2 Å². The second-order valence-electron chi connectivity index (χ2n) is 10.3. The normalized spacial score (nSPS) is 13.2. The maximum Gasteiger partial charge on any atom is 0.322 e. The van der Waals surface area contributed by atoms with Gasteiger partial charge in [-0.3, -0.25) is 15.0 Å². The molecule has 2 amide bonds. The summed E-state index contributed by atoms with van der Waals surface area (Å²) in [5.74, 6) is 0.895. The van der Waals surface area contributed by atoms with E-state index in [1.807, 2.05) is 83.9 Å². The lowest BCUT2D eigenvalue weighted by Gasteiger charge is -2.30. The summed E-state index contributed by atoms with van der Waals surface area (Å²) in [6, 6.07) is 17.6. The molecule has 5 rings (SSSR count). The van der Waals surface area contributed by atoms with Gasteiger partial charge < -0.3 is 20.1 Å². The minimum Gasteiger partial charge on any atom is -0.503 e. The van der Waals surface area contributed by atoms with Crippen molar-refractivity contribution < 1.29 is 14.6 Å². The lowest BCUT2D eigenvalue weighted by molar-refractivity contribution is 0.122. The van der Waals surface area contributed by atoms with Crippen LogP contribution in [0.4, 0.5) is 22.2 Å². The molecule has 0 unspecified atom stereocenters. The number of morpholine rings is 1. The number of rotatable bonds is 12. The second kappa shape index (κ2) is 14.5. The Morgan fingerprint density at radius 3 is 2.47 bits per heavy atom. The fourth-order valence-electron chi connectivity index (χ4n) is 4.90. The molecule has 3 N–H and O–H groups in total. The maximum absolute atomic E-state index is 13.6. The van der Waals surface area contributed by atoms with Crippen LogP contribution in [0.1, 0.15) is 18.9 Å². The van der Waals surface area contributed by atoms with Crippen LogP contribution in [0.15, 0.2) is 73.2 Å². The topological polar surface area (TPSA) is 124 Å². The molecular formula is C31H39N9O3. The number of aryl methyl sites for hydroxylation is 1. The lowest BCUT2D eigenvalue weighted by Crippen LogP contribution is -2.45. The van der Waals surface area contributed by atoms with Gasteiger partial charge in [-0.25, -0.2) is 14.8 Å². The van der Waals surface area contributed by atoms with Gasteiger partial charge in [-0.1, -0.05) is 49.4 Å². The number of nitrogens with one attached hydrogen (secondary N) is 2. The summed E-state index contributed by atoms with van der Waals surface area (Å²) >= 11 is 0. The van der Waals surface area contributed by atoms with E-state index >= 15 is 0 Å². The van der Waals surface area contributed by atoms with Crippen LogP contribution in [0, 0.1) is 0 Å². The SMILES string of the molecule is CCCN(CCN(C(=O)NCc1ccccc1)c1ccc(-c2cnn(C)c2)cc1)Nc1ncc(O)c(N2CCOCC2)n1. The minimum absolute atomic E-state index is 0.0329. The highest BCUT2D eigenvalue weighted by Gasteiger charge is 2.20. The number of carbonyl (C=O) groups excluding carboxylic acids is 1. The summed E-state index contributed by atoms with van der Waals surface area (Å²) in [7, 11) is 1.89. The van der Waals surface area contributed by atoms with Crippen molar-refractivity contribution in [1.29, 1.82) is 0 Å². The number of aromatic hydroxyl groups is 1. The molecule has 1 saturated heterocycles. The Hall–Kier alpha value is -4.68. The monoisotopic (exact) mass is 585 g/mol. The number of urea groups is 1. The highest BCUT2D eigenvalue weighted by Crippen LogP contribution is 2.26. The Balaban J connectivity index is 1.31. The standard InChI is InChI=1S/C31H39N9O3/c1-3-13-39(36-30-32-22-28(41)29(35-30)38-16-18-43-19-17-38)14-15-40(31(42)33-20-24-7-5-4-6-8-24)27-11-9-25(10-12-27)26-21-34-37(2)23-26/h4-12,21-23,41H,3,13-20H2,1-2H3,(H,33,42)(H,32,35,36). The summed E-state index contributed by atoms with van der Waals surface area (Å²) in [5.41, 5.74) is 7.14. The highest BCUT2D eigenvalue weighted by atomic mass is 16.5. The van der Waals surface area contributed by atoms with Gasteiger partial charge in [0.05, 0.1) is 25.6 Å². The zero-order valence-electron chi connectivity index (χ0n) is 24.7. The van der Waals surface area contributed by atoms with Crippen LogP contribution in [-0.2, 0) is 18.3 Å². The first-order chi connectivity index (χ1) is 21.0. The van der Waals surface area contributed by atoms with E-state index < -0.39 is 0 Å². The van der Waals surface area contributed by atoms with Crippen LogP contribution in [0.3, 0.4) is 0 Å². The number of hydrogen-bond acceptors (Lipinski definition) is 9. The van der Waals surface area contributed by atoms with E-state index in [9.17, 15) is 9.90 Å². The van der Waals surface area contributed by atoms with E-state index in [-0.39, 0.29) is 11.8 Å². The highest BCUT2D eigenvalue weighted by molar-refractivity contribution is 5.92. The summed E-state index contributed by atoms with van der Waals surface area (Å²) < 4.78 is 7.21. The third kappa shape index (κ3) is 7.99. The van der Waals surface area contributed by atoms with Gasteiger partial charge in [-0.05, 0) is 29.7 Å². The van der Waals surface area contributed by atoms with Crippen molar-refractivity contribution in [1.82, 2.24) is 30.1 Å². The van der Waals surface area contributed by atoms with Crippen LogP contribution < -0.4 is 20.5 Å². The van der Waals surface area contributed by atoms with E-state index in [1.54, 1.807) is 9.58 Å². The Morgan fingerprint density at radius 2 is 1.77 bits per heavy atom. The molecule has 0 radical (unpaired) electrons. The summed E-state index contributed by atoms with van der Waals surface area (Å²) in [5, 5.41) is 19.7. The van der Waals surface area contributed by atoms with Gasteiger partial charge in [-0.2, -0.15) is 10.1 Å². The fourth-order valence-corrected chi connectivity index (χ4v) is 4.90. The molecule has 0 bridgehead atoms. The molecule has 0 atom stereocenters. The summed E-state index contributed by atoms with van der Waals surface area (Å²) in [6.45, 7) is 6.60. The molecule has 1 fully saturated rings. The number of carbonyl (C=O) groups is 1. The molecule has 1 aliphatic rings. The smallest absolute Gasteiger partial charge is 0.322 e. The third-order valence-electron chi connectivity index (χ3n) is 7.15. The minimum atomic E-state index is -0.190. The summed E-state index contributed by atoms with van der Waals surface area (Å²) in [4.78, 5) is 26.2. The van der Waals surface area contributed by atoms with Crippen molar-refractivity contribution in [2.24, 2.45) is 7.05 Å². The Kier molecular flexibility index (Phi) is 10.0. The first kappa shape index (κ1) is 29.8. The first-order valence-corrected chi connectivity index (χ1v) is 14.6. The maximum atomic E-state index is 13.6. The van der Waals surface area contributed by atoms with Crippen molar-refractivity contribution in [3.63, 3.8) is 0 Å². The van der Waals surface area contributed by atoms with E-state index in [4.69, 9.17) is 4.74 Å². The van der Waals surface area contributed by atoms with Gasteiger partial charge >= 0.3 is 6.03 Å². The molecule has 0 saturated carbocycles. The van der Waals surface area contributed by atoms with Crippen molar-refractivity contribution >= 4 is 23.5 Å². The number of hydrogen-bond donors (Lipinski definition) is 3. The first-order valence-electron chi connectivity index (χ1n) is 14.6. The van der Waals surface area contributed by atoms with Crippen LogP contribution in [0.25, 0.3) is 11.1 Å². The largest absolute Gasteiger partial charge is 0.503 e. The van der Waals surface area contributed by atoms with E-state index in [1.165, 1.54) is 6.20 Å². The van der Waals surface area contributed by atoms with Crippen LogP contribution in [0.5, 0.6) is 5.75 Å². The van der Waals surface area contributed by atoms with Crippen molar-refractivity contribution in [2.75, 3.05) is 61.2 Å². The van der Waals surface area contributed by atoms with E-state index in [0.717, 1.165) is 28.8 Å². The van der Waals surface area contributed by atoms with E-state index in [2.05, 4.69) is 32.7 Å². The molecule has 12 heteroatoms. The average Bonchev–Trinajstić information content (AvgIpc) is 3.48. The number of amides is 2. The quantitative estimate of drug-likeness (QED) is 0.213. The molecule has 4 aromatic rings. The Labute approximate surface area is 251 Å². The third-order valence-corrected chi connectivity index (χ3v) is 7.15. The lowest BCUT2D eigenvalue weighted by atomic mass is 10.1. The molecule has 43 heavy (non-hydrogen) atoms. The molecule has 0 spiro atoms. The summed E-state index contributed by atoms with van der Waals surface area (Å²) in [6.07, 6.45) is 6.08. The average molecular weight is 586 g/mol. The molecule has 2 aromatic carbocycles. The zero-order chi connectivity index (χ0) is 30.0. The van der Waals surface area contributed by atoms with Gasteiger partial charge in [0, 0.05) is 63.8 Å². The van der Waals surface area contributed by atoms with Crippen molar-refractivity contribution in [2.45, 2.75) is 19.9 Å². The zero-order valence-corrected chi connectivity index (χ0v) is 24.7.